The van der Waals surface area contributed by atoms with Crippen LogP contribution in [-0.2, 0) is 6.61 Å². The summed E-state index contributed by atoms with van der Waals surface area (Å²) >= 11 is 11.3. The molecule has 0 atom stereocenters. The number of aromatic nitrogens is 2. The lowest BCUT2D eigenvalue weighted by Crippen LogP contribution is -1.95. The normalized spacial score (nSPS) is 10.3. The monoisotopic (exact) mass is 244 g/mol. The van der Waals surface area contributed by atoms with E-state index in [1.54, 1.807) is 24.3 Å². The van der Waals surface area contributed by atoms with Crippen LogP contribution in [0.1, 0.15) is 5.89 Å². The van der Waals surface area contributed by atoms with Gasteiger partial charge in [0.05, 0.1) is 0 Å². The lowest BCUT2D eigenvalue weighted by molar-refractivity contribution is 0.243. The van der Waals surface area contributed by atoms with Gasteiger partial charge in [-0.25, -0.2) is 0 Å². The summed E-state index contributed by atoms with van der Waals surface area (Å²) in [6, 6.07) is 7.03. The van der Waals surface area contributed by atoms with Crippen LogP contribution in [0.3, 0.4) is 0 Å². The van der Waals surface area contributed by atoms with Crippen molar-refractivity contribution in [1.29, 1.82) is 0 Å². The van der Waals surface area contributed by atoms with E-state index < -0.39 is 0 Å². The molecule has 0 aliphatic rings. The quantitative estimate of drug-likeness (QED) is 0.833. The standard InChI is InChI=1S/C9H6Cl2N2O2/c10-6-2-1-3-7(4-6)14-5-8-12-9(11)13-15-8/h1-4H,5H2. The first-order valence-electron chi connectivity index (χ1n) is 4.10. The molecule has 4 nitrogen and oxygen atoms in total. The van der Waals surface area contributed by atoms with Crippen LogP contribution in [0, 0.1) is 0 Å². The molecular formula is C9H6Cl2N2O2. The summed E-state index contributed by atoms with van der Waals surface area (Å²) in [6.45, 7) is 0.167. The van der Waals surface area contributed by atoms with Gasteiger partial charge in [0.25, 0.3) is 11.2 Å². The van der Waals surface area contributed by atoms with Crippen LogP contribution in [0.5, 0.6) is 5.75 Å². The fourth-order valence-corrected chi connectivity index (χ4v) is 1.30. The Balaban J connectivity index is 1.99. The van der Waals surface area contributed by atoms with Crippen molar-refractivity contribution in [3.63, 3.8) is 0 Å². The fraction of sp³-hybridized carbons (Fsp3) is 0.111. The molecule has 6 heteroatoms. The van der Waals surface area contributed by atoms with Crippen molar-refractivity contribution in [1.82, 2.24) is 10.1 Å². The highest BCUT2D eigenvalue weighted by atomic mass is 35.5. The predicted octanol–water partition coefficient (Wildman–Crippen LogP) is 2.96. The maximum atomic E-state index is 5.78. The number of hydrogen-bond acceptors (Lipinski definition) is 4. The Hall–Kier alpha value is -1.26. The molecule has 0 aliphatic carbocycles. The minimum atomic E-state index is 0.0692. The van der Waals surface area contributed by atoms with Gasteiger partial charge in [-0.15, -0.1) is 0 Å². The van der Waals surface area contributed by atoms with E-state index in [0.717, 1.165) is 0 Å². The van der Waals surface area contributed by atoms with Crippen molar-refractivity contribution < 1.29 is 9.26 Å². The van der Waals surface area contributed by atoms with Gasteiger partial charge in [-0.3, -0.25) is 0 Å². The number of ether oxygens (including phenoxy) is 1. The van der Waals surface area contributed by atoms with E-state index in [2.05, 4.69) is 10.1 Å². The van der Waals surface area contributed by atoms with E-state index in [0.29, 0.717) is 16.7 Å². The summed E-state index contributed by atoms with van der Waals surface area (Å²) in [5.41, 5.74) is 0. The highest BCUT2D eigenvalue weighted by Crippen LogP contribution is 2.18. The Labute approximate surface area is 95.8 Å². The maximum absolute atomic E-state index is 5.78. The summed E-state index contributed by atoms with van der Waals surface area (Å²) in [6.07, 6.45) is 0. The van der Waals surface area contributed by atoms with Gasteiger partial charge in [0.1, 0.15) is 5.75 Å². The lowest BCUT2D eigenvalue weighted by atomic mass is 10.3. The topological polar surface area (TPSA) is 48.2 Å². The van der Waals surface area contributed by atoms with E-state index in [1.807, 2.05) is 0 Å². The second-order valence-electron chi connectivity index (χ2n) is 2.70. The van der Waals surface area contributed by atoms with Gasteiger partial charge in [0, 0.05) is 5.02 Å². The molecular weight excluding hydrogens is 239 g/mol. The van der Waals surface area contributed by atoms with Crippen molar-refractivity contribution in [3.05, 3.63) is 40.5 Å². The van der Waals surface area contributed by atoms with Crippen molar-refractivity contribution >= 4 is 23.2 Å². The number of hydrogen-bond donors (Lipinski definition) is 0. The molecule has 1 aromatic heterocycles. The summed E-state index contributed by atoms with van der Waals surface area (Å²) in [5, 5.41) is 4.10. The number of rotatable bonds is 3. The zero-order chi connectivity index (χ0) is 10.7. The molecule has 0 radical (unpaired) electrons. The highest BCUT2D eigenvalue weighted by Gasteiger charge is 2.04. The van der Waals surface area contributed by atoms with Crippen molar-refractivity contribution in [2.75, 3.05) is 0 Å². The molecule has 0 aliphatic heterocycles. The molecule has 0 spiro atoms. The molecule has 2 aromatic rings. The first kappa shape index (κ1) is 10.3. The summed E-state index contributed by atoms with van der Waals surface area (Å²) < 4.78 is 10.1. The summed E-state index contributed by atoms with van der Waals surface area (Å²) in [4.78, 5) is 3.78. The van der Waals surface area contributed by atoms with E-state index in [9.17, 15) is 0 Å². The summed E-state index contributed by atoms with van der Waals surface area (Å²) in [7, 11) is 0. The minimum absolute atomic E-state index is 0.0692. The Kier molecular flexibility index (Phi) is 3.08. The van der Waals surface area contributed by atoms with Gasteiger partial charge in [0.15, 0.2) is 6.61 Å². The molecule has 0 saturated carbocycles. The van der Waals surface area contributed by atoms with Gasteiger partial charge < -0.3 is 9.26 Å². The van der Waals surface area contributed by atoms with Crippen LogP contribution in [0.4, 0.5) is 0 Å². The molecule has 0 saturated heterocycles. The van der Waals surface area contributed by atoms with E-state index >= 15 is 0 Å². The fourth-order valence-electron chi connectivity index (χ4n) is 0.995. The Morgan fingerprint density at radius 2 is 2.20 bits per heavy atom. The molecule has 0 N–H and O–H groups in total. The largest absolute Gasteiger partial charge is 0.484 e. The van der Waals surface area contributed by atoms with Crippen molar-refractivity contribution in [2.24, 2.45) is 0 Å². The van der Waals surface area contributed by atoms with Crippen LogP contribution in [-0.4, -0.2) is 10.1 Å². The molecule has 2 rings (SSSR count). The molecule has 1 heterocycles. The molecule has 0 unspecified atom stereocenters. The smallest absolute Gasteiger partial charge is 0.265 e. The number of halogens is 2. The third-order valence-corrected chi connectivity index (χ3v) is 1.99. The lowest BCUT2D eigenvalue weighted by Gasteiger charge is -2.02. The average molecular weight is 245 g/mol. The maximum Gasteiger partial charge on any atom is 0.265 e. The van der Waals surface area contributed by atoms with Crippen LogP contribution in [0.25, 0.3) is 0 Å². The predicted molar refractivity (Wildman–Crippen MR) is 55.1 cm³/mol. The third kappa shape index (κ3) is 2.84. The third-order valence-electron chi connectivity index (χ3n) is 1.60. The Morgan fingerprint density at radius 3 is 2.87 bits per heavy atom. The Bertz CT molecular complexity index is 459. The zero-order valence-electron chi connectivity index (χ0n) is 7.48. The minimum Gasteiger partial charge on any atom is -0.484 e. The molecule has 0 fully saturated rings. The second kappa shape index (κ2) is 4.51. The Morgan fingerprint density at radius 1 is 1.33 bits per heavy atom. The number of benzene rings is 1. The van der Waals surface area contributed by atoms with Crippen LogP contribution < -0.4 is 4.74 Å². The van der Waals surface area contributed by atoms with Gasteiger partial charge in [-0.1, -0.05) is 17.7 Å². The molecule has 78 valence electrons. The van der Waals surface area contributed by atoms with E-state index in [4.69, 9.17) is 32.5 Å². The SMILES string of the molecule is Clc1cccc(OCc2nc(Cl)no2)c1. The van der Waals surface area contributed by atoms with Crippen LogP contribution in [0.15, 0.2) is 28.8 Å². The number of nitrogens with zero attached hydrogens (tertiary/aromatic N) is 2. The summed E-state index contributed by atoms with van der Waals surface area (Å²) in [5.74, 6) is 0.955. The highest BCUT2D eigenvalue weighted by molar-refractivity contribution is 6.30. The molecule has 15 heavy (non-hydrogen) atoms. The van der Waals surface area contributed by atoms with E-state index in [1.165, 1.54) is 0 Å². The zero-order valence-corrected chi connectivity index (χ0v) is 9.00. The average Bonchev–Trinajstić information content (AvgIpc) is 2.62. The van der Waals surface area contributed by atoms with Gasteiger partial charge in [-0.05, 0) is 35.0 Å². The second-order valence-corrected chi connectivity index (χ2v) is 3.48. The van der Waals surface area contributed by atoms with Gasteiger partial charge >= 0.3 is 0 Å². The van der Waals surface area contributed by atoms with Crippen LogP contribution >= 0.6 is 23.2 Å². The van der Waals surface area contributed by atoms with Crippen molar-refractivity contribution in [3.8, 4) is 5.75 Å². The molecule has 1 aromatic carbocycles. The van der Waals surface area contributed by atoms with Gasteiger partial charge in [-0.2, -0.15) is 4.98 Å². The first-order valence-corrected chi connectivity index (χ1v) is 4.86. The first-order chi connectivity index (χ1) is 7.24. The molecule has 0 amide bonds. The van der Waals surface area contributed by atoms with Gasteiger partial charge in [0.2, 0.25) is 0 Å². The molecule has 0 bridgehead atoms. The van der Waals surface area contributed by atoms with E-state index in [-0.39, 0.29) is 11.9 Å². The van der Waals surface area contributed by atoms with Crippen LogP contribution in [0.2, 0.25) is 10.3 Å². The van der Waals surface area contributed by atoms with Crippen molar-refractivity contribution in [2.45, 2.75) is 6.61 Å².